The Hall–Kier alpha value is -6.79. The fraction of sp³-hybridized carbons (Fsp3) is 0.0444. The SMILES string of the molecule is C1=C(n2c3ccccc3c3cc4c(cc32)oc2ccccc24)c2oc3c(-c4nc(-c5ccccc5)nc(-c5ccccc5)n4)cccc3c2CC1. The third-order valence-corrected chi connectivity index (χ3v) is 10.1. The van der Waals surface area contributed by atoms with E-state index in [1.54, 1.807) is 0 Å². The molecule has 0 saturated carbocycles. The lowest BCUT2D eigenvalue weighted by Crippen LogP contribution is -2.04. The molecule has 0 fully saturated rings. The van der Waals surface area contributed by atoms with E-state index in [0.717, 1.165) is 84.9 Å². The predicted octanol–water partition coefficient (Wildman–Crippen LogP) is 11.5. The third kappa shape index (κ3) is 4.26. The maximum absolute atomic E-state index is 7.02. The molecule has 6 heteroatoms. The number of fused-ring (bicyclic) bond motifs is 9. The van der Waals surface area contributed by atoms with Crippen molar-refractivity contribution in [2.45, 2.75) is 12.8 Å². The molecular weight excluding hydrogens is 629 g/mol. The highest BCUT2D eigenvalue weighted by Gasteiger charge is 2.27. The minimum Gasteiger partial charge on any atom is -0.456 e. The molecule has 11 rings (SSSR count). The van der Waals surface area contributed by atoms with Crippen LogP contribution in [0.1, 0.15) is 17.7 Å². The van der Waals surface area contributed by atoms with E-state index in [1.165, 1.54) is 16.3 Å². The average Bonchev–Trinajstić information content (AvgIpc) is 3.87. The Balaban J connectivity index is 1.13. The Morgan fingerprint density at radius 3 is 1.94 bits per heavy atom. The Morgan fingerprint density at radius 2 is 1.16 bits per heavy atom. The summed E-state index contributed by atoms with van der Waals surface area (Å²) in [5.74, 6) is 2.69. The standard InChI is InChI=1S/C45H28N4O2/c1-3-13-27(14-4-1)43-46-44(28-15-5-2-6-16-28)48-45(47-43)33-21-11-19-31-32-20-12-23-37(42(32)51-41(31)33)49-36-22-9-7-17-29(36)34-25-35-30-18-8-10-24-39(30)50-40(35)26-38(34)49/h1-11,13-19,21-26H,12,20H2. The number of furan rings is 2. The number of rotatable bonds is 4. The van der Waals surface area contributed by atoms with Crippen LogP contribution in [0.2, 0.25) is 0 Å². The lowest BCUT2D eigenvalue weighted by Gasteiger charge is -2.16. The molecule has 6 nitrogen and oxygen atoms in total. The molecule has 0 N–H and O–H groups in total. The van der Waals surface area contributed by atoms with Crippen LogP contribution in [-0.2, 0) is 6.42 Å². The van der Waals surface area contributed by atoms with Crippen molar-refractivity contribution in [2.75, 3.05) is 0 Å². The van der Waals surface area contributed by atoms with Gasteiger partial charge in [-0.2, -0.15) is 0 Å². The van der Waals surface area contributed by atoms with Crippen LogP contribution in [0.4, 0.5) is 0 Å². The third-order valence-electron chi connectivity index (χ3n) is 10.1. The van der Waals surface area contributed by atoms with Gasteiger partial charge in [0, 0.05) is 49.7 Å². The number of hydrogen-bond donors (Lipinski definition) is 0. The number of hydrogen-bond acceptors (Lipinski definition) is 5. The van der Waals surface area contributed by atoms with Crippen molar-refractivity contribution in [1.82, 2.24) is 19.5 Å². The van der Waals surface area contributed by atoms with Crippen molar-refractivity contribution in [3.8, 4) is 34.2 Å². The molecule has 0 radical (unpaired) electrons. The van der Waals surface area contributed by atoms with Gasteiger partial charge in [-0.3, -0.25) is 0 Å². The maximum Gasteiger partial charge on any atom is 0.167 e. The number of aryl methyl sites for hydroxylation is 1. The predicted molar refractivity (Wildman–Crippen MR) is 204 cm³/mol. The highest BCUT2D eigenvalue weighted by Crippen LogP contribution is 2.44. The van der Waals surface area contributed by atoms with Gasteiger partial charge in [0.25, 0.3) is 0 Å². The lowest BCUT2D eigenvalue weighted by atomic mass is 9.97. The summed E-state index contributed by atoms with van der Waals surface area (Å²) >= 11 is 0. The first-order valence-corrected chi connectivity index (χ1v) is 17.3. The first-order valence-electron chi connectivity index (χ1n) is 17.3. The van der Waals surface area contributed by atoms with Crippen LogP contribution >= 0.6 is 0 Å². The second-order valence-electron chi connectivity index (χ2n) is 13.1. The summed E-state index contributed by atoms with van der Waals surface area (Å²) in [6, 6.07) is 47.8. The van der Waals surface area contributed by atoms with Crippen molar-refractivity contribution < 1.29 is 8.83 Å². The van der Waals surface area contributed by atoms with E-state index in [4.69, 9.17) is 23.8 Å². The zero-order chi connectivity index (χ0) is 33.5. The first-order chi connectivity index (χ1) is 25.3. The minimum atomic E-state index is 0.578. The Kier molecular flexibility index (Phi) is 5.98. The van der Waals surface area contributed by atoms with E-state index in [1.807, 2.05) is 72.8 Å². The van der Waals surface area contributed by atoms with E-state index in [0.29, 0.717) is 17.5 Å². The molecule has 4 aromatic heterocycles. The molecule has 1 aliphatic rings. The molecule has 0 aliphatic heterocycles. The van der Waals surface area contributed by atoms with Crippen molar-refractivity contribution >= 4 is 60.4 Å². The summed E-state index contributed by atoms with van der Waals surface area (Å²) in [6.45, 7) is 0. The molecule has 0 spiro atoms. The number of benzene rings is 6. The van der Waals surface area contributed by atoms with Crippen LogP contribution < -0.4 is 0 Å². The van der Waals surface area contributed by atoms with Gasteiger partial charge in [-0.1, -0.05) is 115 Å². The molecule has 0 amide bonds. The Labute approximate surface area is 291 Å². The van der Waals surface area contributed by atoms with Crippen LogP contribution in [0.15, 0.2) is 154 Å². The monoisotopic (exact) mass is 656 g/mol. The zero-order valence-corrected chi connectivity index (χ0v) is 27.4. The van der Waals surface area contributed by atoms with E-state index in [2.05, 4.69) is 77.4 Å². The molecule has 4 heterocycles. The van der Waals surface area contributed by atoms with E-state index < -0.39 is 0 Å². The number of aromatic nitrogens is 4. The first kappa shape index (κ1) is 28.1. The number of para-hydroxylation sites is 3. The van der Waals surface area contributed by atoms with Gasteiger partial charge in [0.15, 0.2) is 23.2 Å². The van der Waals surface area contributed by atoms with Gasteiger partial charge in [0.05, 0.1) is 22.3 Å². The van der Waals surface area contributed by atoms with Gasteiger partial charge < -0.3 is 13.4 Å². The second-order valence-corrected chi connectivity index (χ2v) is 13.1. The lowest BCUT2D eigenvalue weighted by molar-refractivity contribution is 0.586. The maximum atomic E-state index is 7.02. The quantitative estimate of drug-likeness (QED) is 0.189. The molecular formula is C45H28N4O2. The molecule has 0 unspecified atom stereocenters. The topological polar surface area (TPSA) is 69.9 Å². The van der Waals surface area contributed by atoms with Crippen LogP contribution in [0.5, 0.6) is 0 Å². The smallest absolute Gasteiger partial charge is 0.167 e. The van der Waals surface area contributed by atoms with Gasteiger partial charge in [-0.25, -0.2) is 15.0 Å². The molecule has 240 valence electrons. The molecule has 0 saturated heterocycles. The molecule has 0 bridgehead atoms. The molecule has 6 aromatic carbocycles. The average molecular weight is 657 g/mol. The van der Waals surface area contributed by atoms with Crippen LogP contribution in [0.3, 0.4) is 0 Å². The van der Waals surface area contributed by atoms with Gasteiger partial charge in [-0.05, 0) is 37.1 Å². The number of allylic oxidation sites excluding steroid dienone is 1. The van der Waals surface area contributed by atoms with Crippen LogP contribution in [0, 0.1) is 0 Å². The van der Waals surface area contributed by atoms with Crippen molar-refractivity contribution in [3.05, 3.63) is 157 Å². The Morgan fingerprint density at radius 1 is 0.490 bits per heavy atom. The van der Waals surface area contributed by atoms with Crippen LogP contribution in [-0.4, -0.2) is 19.5 Å². The summed E-state index contributed by atoms with van der Waals surface area (Å²) in [6.07, 6.45) is 4.08. The molecule has 1 aliphatic carbocycles. The van der Waals surface area contributed by atoms with E-state index >= 15 is 0 Å². The van der Waals surface area contributed by atoms with Crippen molar-refractivity contribution in [1.29, 1.82) is 0 Å². The highest BCUT2D eigenvalue weighted by molar-refractivity contribution is 6.18. The summed E-state index contributed by atoms with van der Waals surface area (Å²) in [5, 5.41) is 5.70. The van der Waals surface area contributed by atoms with Gasteiger partial charge in [0.1, 0.15) is 16.7 Å². The van der Waals surface area contributed by atoms with Gasteiger partial charge >= 0.3 is 0 Å². The summed E-state index contributed by atoms with van der Waals surface area (Å²) < 4.78 is 15.8. The molecule has 0 atom stereocenters. The van der Waals surface area contributed by atoms with Crippen LogP contribution in [0.25, 0.3) is 94.6 Å². The fourth-order valence-electron chi connectivity index (χ4n) is 7.82. The zero-order valence-electron chi connectivity index (χ0n) is 27.4. The Bertz CT molecular complexity index is 2970. The number of nitrogens with zero attached hydrogens (tertiary/aromatic N) is 4. The normalized spacial score (nSPS) is 13.1. The summed E-state index contributed by atoms with van der Waals surface area (Å²) in [5.41, 5.74) is 9.68. The second kappa shape index (κ2) is 10.9. The van der Waals surface area contributed by atoms with E-state index in [9.17, 15) is 0 Å². The fourth-order valence-corrected chi connectivity index (χ4v) is 7.82. The molecule has 51 heavy (non-hydrogen) atoms. The van der Waals surface area contributed by atoms with Gasteiger partial charge in [0.2, 0.25) is 0 Å². The highest BCUT2D eigenvalue weighted by atomic mass is 16.3. The summed E-state index contributed by atoms with van der Waals surface area (Å²) in [7, 11) is 0. The van der Waals surface area contributed by atoms with Crippen molar-refractivity contribution in [3.63, 3.8) is 0 Å². The molecule has 10 aromatic rings. The van der Waals surface area contributed by atoms with E-state index in [-0.39, 0.29) is 0 Å². The minimum absolute atomic E-state index is 0.578. The largest absolute Gasteiger partial charge is 0.456 e. The van der Waals surface area contributed by atoms with Crippen molar-refractivity contribution in [2.24, 2.45) is 0 Å². The summed E-state index contributed by atoms with van der Waals surface area (Å²) in [4.78, 5) is 15.0. The van der Waals surface area contributed by atoms with Gasteiger partial charge in [-0.15, -0.1) is 0 Å².